The summed E-state index contributed by atoms with van der Waals surface area (Å²) in [4.78, 5) is 18.9. The van der Waals surface area contributed by atoms with Gasteiger partial charge in [0.2, 0.25) is 0 Å². The number of carbonyl (C=O) groups excluding carboxylic acids is 1. The molecule has 0 saturated carbocycles. The van der Waals surface area contributed by atoms with Crippen molar-refractivity contribution in [2.75, 3.05) is 50.5 Å². The summed E-state index contributed by atoms with van der Waals surface area (Å²) in [6.07, 6.45) is 3.71. The van der Waals surface area contributed by atoms with Crippen molar-refractivity contribution in [1.82, 2.24) is 10.2 Å². The topological polar surface area (TPSA) is 55.8 Å². The van der Waals surface area contributed by atoms with Crippen LogP contribution in [0.3, 0.4) is 0 Å². The molecule has 0 aromatic heterocycles. The standard InChI is InChI=1S/C27H35N3O2S/c1-5-7-26(33-17-16-31)23-9-6-8-22(18-23)21(3)28-27(32)25-19-24(11-10-20(25)2)30-14-12-29(4)13-15-30/h5-11,18-19,21,31H,1,12-17H2,2-4H3,(H,28,32)/b26-7-. The van der Waals surface area contributed by atoms with E-state index in [9.17, 15) is 9.90 Å². The Morgan fingerprint density at radius 1 is 1.21 bits per heavy atom. The SMILES string of the molecule is C=C/C=C(\SCCO)c1cccc(C(C)NC(=O)c2cc(N3CCN(C)CC3)ccc2C)c1. The predicted octanol–water partition coefficient (Wildman–Crippen LogP) is 4.49. The first kappa shape index (κ1) is 25.1. The molecule has 2 aromatic rings. The van der Waals surface area contributed by atoms with Gasteiger partial charge in [0.1, 0.15) is 0 Å². The van der Waals surface area contributed by atoms with Gasteiger partial charge in [0.15, 0.2) is 0 Å². The van der Waals surface area contributed by atoms with Crippen molar-refractivity contribution in [3.05, 3.63) is 83.4 Å². The highest BCUT2D eigenvalue weighted by atomic mass is 32.2. The number of thioether (sulfide) groups is 1. The Morgan fingerprint density at radius 2 is 1.97 bits per heavy atom. The average molecular weight is 466 g/mol. The van der Waals surface area contributed by atoms with E-state index in [0.717, 1.165) is 59.0 Å². The van der Waals surface area contributed by atoms with Crippen LogP contribution in [0.4, 0.5) is 5.69 Å². The first-order valence-electron chi connectivity index (χ1n) is 11.4. The molecule has 0 bridgehead atoms. The van der Waals surface area contributed by atoms with Crippen LogP contribution in [0.2, 0.25) is 0 Å². The Morgan fingerprint density at radius 3 is 2.67 bits per heavy atom. The molecule has 1 fully saturated rings. The van der Waals surface area contributed by atoms with E-state index in [1.54, 1.807) is 17.8 Å². The summed E-state index contributed by atoms with van der Waals surface area (Å²) in [6.45, 7) is 11.9. The lowest BCUT2D eigenvalue weighted by atomic mass is 10.0. The number of amides is 1. The number of hydrogen-bond donors (Lipinski definition) is 2. The predicted molar refractivity (Wildman–Crippen MR) is 141 cm³/mol. The number of nitrogens with zero attached hydrogens (tertiary/aromatic N) is 2. The normalized spacial score (nSPS) is 15.9. The molecule has 1 aliphatic heterocycles. The maximum absolute atomic E-state index is 13.2. The van der Waals surface area contributed by atoms with Gasteiger partial charge < -0.3 is 20.2 Å². The minimum absolute atomic E-state index is 0.0575. The number of carbonyl (C=O) groups is 1. The number of rotatable bonds is 9. The Bertz CT molecular complexity index is 997. The summed E-state index contributed by atoms with van der Waals surface area (Å²) < 4.78 is 0. The third-order valence-corrected chi connectivity index (χ3v) is 7.04. The third-order valence-electron chi connectivity index (χ3n) is 5.97. The van der Waals surface area contributed by atoms with Crippen LogP contribution in [0.15, 0.2) is 61.2 Å². The van der Waals surface area contributed by atoms with Gasteiger partial charge in [-0.3, -0.25) is 4.79 Å². The van der Waals surface area contributed by atoms with E-state index in [4.69, 9.17) is 0 Å². The van der Waals surface area contributed by atoms with Gasteiger partial charge in [-0.15, -0.1) is 11.8 Å². The van der Waals surface area contributed by atoms with Gasteiger partial charge in [-0.05, 0) is 61.9 Å². The van der Waals surface area contributed by atoms with E-state index in [-0.39, 0.29) is 18.6 Å². The summed E-state index contributed by atoms with van der Waals surface area (Å²) in [6, 6.07) is 14.2. The van der Waals surface area contributed by atoms with Crippen LogP contribution in [-0.2, 0) is 0 Å². The van der Waals surface area contributed by atoms with E-state index in [0.29, 0.717) is 5.75 Å². The molecule has 2 N–H and O–H groups in total. The Balaban J connectivity index is 1.75. The van der Waals surface area contributed by atoms with Gasteiger partial charge in [0.05, 0.1) is 12.6 Å². The molecule has 5 nitrogen and oxygen atoms in total. The fraction of sp³-hybridized carbons (Fsp3) is 0.370. The maximum atomic E-state index is 13.2. The molecule has 176 valence electrons. The lowest BCUT2D eigenvalue weighted by molar-refractivity contribution is 0.0939. The number of aliphatic hydroxyl groups is 1. The summed E-state index contributed by atoms with van der Waals surface area (Å²) >= 11 is 1.59. The lowest BCUT2D eigenvalue weighted by Gasteiger charge is -2.34. The molecule has 0 aliphatic carbocycles. The van der Waals surface area contributed by atoms with Gasteiger partial charge in [-0.25, -0.2) is 0 Å². The molecule has 1 heterocycles. The Labute approximate surface area is 202 Å². The smallest absolute Gasteiger partial charge is 0.252 e. The maximum Gasteiger partial charge on any atom is 0.252 e. The van der Waals surface area contributed by atoms with E-state index in [1.165, 1.54) is 0 Å². The van der Waals surface area contributed by atoms with Crippen molar-refractivity contribution in [3.63, 3.8) is 0 Å². The fourth-order valence-corrected chi connectivity index (χ4v) is 4.72. The first-order chi connectivity index (χ1) is 15.9. The minimum atomic E-state index is -0.142. The summed E-state index contributed by atoms with van der Waals surface area (Å²) in [5, 5.41) is 12.4. The second-order valence-electron chi connectivity index (χ2n) is 8.45. The van der Waals surface area contributed by atoms with E-state index >= 15 is 0 Å². The Hall–Kier alpha value is -2.54. The average Bonchev–Trinajstić information content (AvgIpc) is 2.82. The fourth-order valence-electron chi connectivity index (χ4n) is 3.93. The zero-order valence-corrected chi connectivity index (χ0v) is 20.7. The molecule has 33 heavy (non-hydrogen) atoms. The van der Waals surface area contributed by atoms with Crippen molar-refractivity contribution in [1.29, 1.82) is 0 Å². The quantitative estimate of drug-likeness (QED) is 0.535. The molecule has 2 aromatic carbocycles. The number of hydrogen-bond acceptors (Lipinski definition) is 5. The molecule has 6 heteroatoms. The van der Waals surface area contributed by atoms with Gasteiger partial charge in [-0.2, -0.15) is 0 Å². The molecular formula is C27H35N3O2S. The molecular weight excluding hydrogens is 430 g/mol. The van der Waals surface area contributed by atoms with Crippen molar-refractivity contribution in [2.24, 2.45) is 0 Å². The number of allylic oxidation sites excluding steroid dienone is 2. The zero-order chi connectivity index (χ0) is 23.8. The van der Waals surface area contributed by atoms with Crippen LogP contribution in [-0.4, -0.2) is 61.5 Å². The molecule has 1 atom stereocenters. The number of anilines is 1. The van der Waals surface area contributed by atoms with Gasteiger partial charge >= 0.3 is 0 Å². The minimum Gasteiger partial charge on any atom is -0.396 e. The monoisotopic (exact) mass is 465 g/mol. The number of likely N-dealkylation sites (N-methyl/N-ethyl adjacent to an activating group) is 1. The molecule has 1 amide bonds. The van der Waals surface area contributed by atoms with Crippen molar-refractivity contribution in [2.45, 2.75) is 19.9 Å². The Kier molecular flexibility index (Phi) is 9.18. The van der Waals surface area contributed by atoms with Crippen LogP contribution >= 0.6 is 11.8 Å². The van der Waals surface area contributed by atoms with Crippen LogP contribution in [0.5, 0.6) is 0 Å². The van der Waals surface area contributed by atoms with E-state index in [2.05, 4.69) is 40.9 Å². The third kappa shape index (κ3) is 6.73. The lowest BCUT2D eigenvalue weighted by Crippen LogP contribution is -2.44. The largest absolute Gasteiger partial charge is 0.396 e. The summed E-state index contributed by atoms with van der Waals surface area (Å²) in [5.74, 6) is 0.567. The molecule has 0 radical (unpaired) electrons. The molecule has 1 aliphatic rings. The number of piperazine rings is 1. The molecule has 1 unspecified atom stereocenters. The highest BCUT2D eigenvalue weighted by molar-refractivity contribution is 8.08. The number of benzene rings is 2. The van der Waals surface area contributed by atoms with E-state index in [1.807, 2.05) is 50.3 Å². The van der Waals surface area contributed by atoms with E-state index < -0.39 is 0 Å². The first-order valence-corrected chi connectivity index (χ1v) is 12.4. The zero-order valence-electron chi connectivity index (χ0n) is 19.9. The number of aliphatic hydroxyl groups excluding tert-OH is 1. The number of nitrogens with one attached hydrogen (secondary N) is 1. The highest BCUT2D eigenvalue weighted by Crippen LogP contribution is 2.29. The highest BCUT2D eigenvalue weighted by Gasteiger charge is 2.18. The molecule has 3 rings (SSSR count). The molecule has 1 saturated heterocycles. The summed E-state index contributed by atoms with van der Waals surface area (Å²) in [7, 11) is 2.14. The second-order valence-corrected chi connectivity index (χ2v) is 9.59. The van der Waals surface area contributed by atoms with Gasteiger partial charge in [0.25, 0.3) is 5.91 Å². The van der Waals surface area contributed by atoms with Crippen molar-refractivity contribution < 1.29 is 9.90 Å². The van der Waals surface area contributed by atoms with Crippen LogP contribution in [0.25, 0.3) is 4.91 Å². The van der Waals surface area contributed by atoms with Crippen LogP contribution in [0, 0.1) is 6.92 Å². The van der Waals surface area contributed by atoms with Crippen LogP contribution in [0.1, 0.15) is 40.0 Å². The van der Waals surface area contributed by atoms with Crippen molar-refractivity contribution >= 4 is 28.3 Å². The second kappa shape index (κ2) is 12.1. The van der Waals surface area contributed by atoms with Gasteiger partial charge in [0, 0.05) is 48.1 Å². The molecule has 0 spiro atoms. The van der Waals surface area contributed by atoms with Gasteiger partial charge in [-0.1, -0.05) is 36.9 Å². The van der Waals surface area contributed by atoms with Crippen LogP contribution < -0.4 is 10.2 Å². The van der Waals surface area contributed by atoms with Crippen molar-refractivity contribution in [3.8, 4) is 0 Å². The number of aryl methyl sites for hydroxylation is 1. The summed E-state index contributed by atoms with van der Waals surface area (Å²) in [5.41, 5.74) is 4.89.